The average molecular weight is 372 g/mol. The van der Waals surface area contributed by atoms with Gasteiger partial charge in [0.25, 0.3) is 0 Å². The maximum atomic E-state index is 12.8. The number of ether oxygens (including phenoxy) is 2. The topological polar surface area (TPSA) is 35.5 Å². The van der Waals surface area contributed by atoms with Crippen LogP contribution in [0.15, 0.2) is 24.3 Å². The van der Waals surface area contributed by atoms with Crippen LogP contribution < -0.4 is 4.74 Å². The van der Waals surface area contributed by atoms with Gasteiger partial charge in [-0.15, -0.1) is 0 Å². The van der Waals surface area contributed by atoms with Crippen molar-refractivity contribution < 1.29 is 27.4 Å². The molecule has 1 aromatic rings. The fourth-order valence-corrected chi connectivity index (χ4v) is 3.71. The summed E-state index contributed by atoms with van der Waals surface area (Å²) in [4.78, 5) is 12.6. The van der Waals surface area contributed by atoms with Crippen LogP contribution in [-0.2, 0) is 15.7 Å². The Hall–Kier alpha value is -1.72. The lowest BCUT2D eigenvalue weighted by Gasteiger charge is -2.39. The lowest BCUT2D eigenvalue weighted by Crippen LogP contribution is -2.43. The van der Waals surface area contributed by atoms with Gasteiger partial charge in [0.2, 0.25) is 0 Å². The number of hydrogen-bond donors (Lipinski definition) is 0. The fraction of sp³-hybridized carbons (Fsp3) is 0.650. The quantitative estimate of drug-likeness (QED) is 0.644. The summed E-state index contributed by atoms with van der Waals surface area (Å²) in [6, 6.07) is 4.51. The van der Waals surface area contributed by atoms with Crippen molar-refractivity contribution in [3.63, 3.8) is 0 Å². The standard InChI is InChI=1S/C20H27F3O3/c1-13-9-16(12-18(2,3)11-13)25-17(24)19(4,5)26-15-8-6-7-14(10-15)20(21,22)23/h6-8,10,13,16H,9,11-12H2,1-5H3. The molecule has 1 saturated carbocycles. The molecule has 0 amide bonds. The van der Waals surface area contributed by atoms with Crippen LogP contribution >= 0.6 is 0 Å². The predicted molar refractivity (Wildman–Crippen MR) is 92.8 cm³/mol. The largest absolute Gasteiger partial charge is 0.476 e. The number of rotatable bonds is 4. The summed E-state index contributed by atoms with van der Waals surface area (Å²) < 4.78 is 49.7. The minimum absolute atomic E-state index is 0.0147. The van der Waals surface area contributed by atoms with Gasteiger partial charge in [0.1, 0.15) is 11.9 Å². The van der Waals surface area contributed by atoms with Gasteiger partial charge < -0.3 is 9.47 Å². The normalized spacial score (nSPS) is 23.4. The number of alkyl halides is 3. The number of esters is 1. The van der Waals surface area contributed by atoms with E-state index in [1.54, 1.807) is 0 Å². The maximum absolute atomic E-state index is 12.8. The molecule has 1 aliphatic rings. The van der Waals surface area contributed by atoms with Crippen molar-refractivity contribution >= 4 is 5.97 Å². The Morgan fingerprint density at radius 1 is 1.19 bits per heavy atom. The van der Waals surface area contributed by atoms with Crippen LogP contribution in [0.4, 0.5) is 13.2 Å². The van der Waals surface area contributed by atoms with E-state index in [0.717, 1.165) is 31.4 Å². The van der Waals surface area contributed by atoms with Gasteiger partial charge in [-0.25, -0.2) is 4.79 Å². The molecule has 2 unspecified atom stereocenters. The Labute approximate surface area is 152 Å². The van der Waals surface area contributed by atoms with Crippen molar-refractivity contribution in [2.24, 2.45) is 11.3 Å². The summed E-state index contributed by atoms with van der Waals surface area (Å²) in [7, 11) is 0. The molecule has 0 saturated heterocycles. The van der Waals surface area contributed by atoms with Gasteiger partial charge in [0.15, 0.2) is 5.60 Å². The highest BCUT2D eigenvalue weighted by Gasteiger charge is 2.39. The van der Waals surface area contributed by atoms with Gasteiger partial charge >= 0.3 is 12.1 Å². The van der Waals surface area contributed by atoms with E-state index in [4.69, 9.17) is 9.47 Å². The van der Waals surface area contributed by atoms with Crippen molar-refractivity contribution in [2.45, 2.75) is 71.8 Å². The zero-order valence-electron chi connectivity index (χ0n) is 15.9. The Bertz CT molecular complexity index is 650. The molecule has 0 radical (unpaired) electrons. The minimum atomic E-state index is -4.46. The SMILES string of the molecule is CC1CC(OC(=O)C(C)(C)Oc2cccc(C(F)(F)F)c2)CC(C)(C)C1. The van der Waals surface area contributed by atoms with E-state index >= 15 is 0 Å². The molecule has 3 nitrogen and oxygen atoms in total. The highest BCUT2D eigenvalue weighted by Crippen LogP contribution is 2.40. The van der Waals surface area contributed by atoms with Gasteiger partial charge in [-0.2, -0.15) is 13.2 Å². The van der Waals surface area contributed by atoms with Crippen LogP contribution in [0.1, 0.15) is 59.4 Å². The molecule has 146 valence electrons. The zero-order valence-corrected chi connectivity index (χ0v) is 15.9. The van der Waals surface area contributed by atoms with Crippen LogP contribution in [0.2, 0.25) is 0 Å². The first-order chi connectivity index (χ1) is 11.8. The fourth-order valence-electron chi connectivity index (χ4n) is 3.71. The van der Waals surface area contributed by atoms with E-state index in [-0.39, 0.29) is 17.3 Å². The van der Waals surface area contributed by atoms with Gasteiger partial charge in [-0.1, -0.05) is 26.8 Å². The summed E-state index contributed by atoms with van der Waals surface area (Å²) in [5.41, 5.74) is -2.11. The number of carbonyl (C=O) groups excluding carboxylic acids is 1. The van der Waals surface area contributed by atoms with E-state index in [2.05, 4.69) is 20.8 Å². The molecular formula is C20H27F3O3. The second-order valence-electron chi connectivity index (χ2n) is 8.58. The minimum Gasteiger partial charge on any atom is -0.476 e. The summed E-state index contributed by atoms with van der Waals surface area (Å²) in [6.45, 7) is 9.44. The molecule has 1 fully saturated rings. The average Bonchev–Trinajstić information content (AvgIpc) is 2.43. The lowest BCUT2D eigenvalue weighted by molar-refractivity contribution is -0.169. The van der Waals surface area contributed by atoms with Crippen LogP contribution in [0.25, 0.3) is 0 Å². The van der Waals surface area contributed by atoms with Crippen molar-refractivity contribution in [1.29, 1.82) is 0 Å². The molecule has 26 heavy (non-hydrogen) atoms. The molecule has 0 N–H and O–H groups in total. The van der Waals surface area contributed by atoms with Crippen LogP contribution in [0, 0.1) is 11.3 Å². The maximum Gasteiger partial charge on any atom is 0.416 e. The van der Waals surface area contributed by atoms with Gasteiger partial charge in [-0.05, 0) is 62.6 Å². The molecule has 0 bridgehead atoms. The highest BCUT2D eigenvalue weighted by molar-refractivity contribution is 5.79. The number of hydrogen-bond acceptors (Lipinski definition) is 3. The summed E-state index contributed by atoms with van der Waals surface area (Å²) in [5.74, 6) is -0.132. The number of halogens is 3. The lowest BCUT2D eigenvalue weighted by atomic mass is 9.71. The molecule has 2 atom stereocenters. The Morgan fingerprint density at radius 2 is 1.85 bits per heavy atom. The molecule has 1 aromatic carbocycles. The zero-order chi connectivity index (χ0) is 19.8. The predicted octanol–water partition coefficient (Wildman–Crippen LogP) is 5.62. The van der Waals surface area contributed by atoms with Gasteiger partial charge in [0.05, 0.1) is 5.56 Å². The van der Waals surface area contributed by atoms with E-state index in [1.807, 2.05) is 0 Å². The van der Waals surface area contributed by atoms with Crippen LogP contribution in [-0.4, -0.2) is 17.7 Å². The van der Waals surface area contributed by atoms with E-state index < -0.39 is 23.3 Å². The van der Waals surface area contributed by atoms with E-state index in [9.17, 15) is 18.0 Å². The van der Waals surface area contributed by atoms with Crippen molar-refractivity contribution in [3.8, 4) is 5.75 Å². The van der Waals surface area contributed by atoms with E-state index in [1.165, 1.54) is 26.0 Å². The first kappa shape index (κ1) is 20.6. The van der Waals surface area contributed by atoms with Crippen molar-refractivity contribution in [2.75, 3.05) is 0 Å². The first-order valence-electron chi connectivity index (χ1n) is 8.86. The van der Waals surface area contributed by atoms with Crippen LogP contribution in [0.5, 0.6) is 5.75 Å². The molecule has 1 aliphatic carbocycles. The molecule has 6 heteroatoms. The smallest absolute Gasteiger partial charge is 0.416 e. The second kappa shape index (κ2) is 7.12. The summed E-state index contributed by atoms with van der Waals surface area (Å²) in [6.07, 6.45) is -2.04. The van der Waals surface area contributed by atoms with Crippen molar-refractivity contribution in [1.82, 2.24) is 0 Å². The Balaban J connectivity index is 2.06. The highest BCUT2D eigenvalue weighted by atomic mass is 19.4. The molecule has 0 spiro atoms. The molecule has 0 heterocycles. The summed E-state index contributed by atoms with van der Waals surface area (Å²) >= 11 is 0. The molecular weight excluding hydrogens is 345 g/mol. The van der Waals surface area contributed by atoms with Gasteiger partial charge in [0, 0.05) is 0 Å². The molecule has 0 aromatic heterocycles. The monoisotopic (exact) mass is 372 g/mol. The van der Waals surface area contributed by atoms with Crippen molar-refractivity contribution in [3.05, 3.63) is 29.8 Å². The Kier molecular flexibility index (Phi) is 5.64. The third kappa shape index (κ3) is 5.39. The second-order valence-corrected chi connectivity index (χ2v) is 8.58. The first-order valence-corrected chi connectivity index (χ1v) is 8.86. The van der Waals surface area contributed by atoms with Gasteiger partial charge in [-0.3, -0.25) is 0 Å². The number of benzene rings is 1. The third-order valence-corrected chi connectivity index (χ3v) is 4.65. The Morgan fingerprint density at radius 3 is 2.42 bits per heavy atom. The number of carbonyl (C=O) groups is 1. The summed E-state index contributed by atoms with van der Waals surface area (Å²) in [5, 5.41) is 0. The van der Waals surface area contributed by atoms with Crippen LogP contribution in [0.3, 0.4) is 0 Å². The molecule has 2 rings (SSSR count). The van der Waals surface area contributed by atoms with E-state index in [0.29, 0.717) is 5.92 Å². The molecule has 0 aliphatic heterocycles. The third-order valence-electron chi connectivity index (χ3n) is 4.65.